The first-order chi connectivity index (χ1) is 16.8. The Morgan fingerprint density at radius 3 is 2.49 bits per heavy atom. The molecule has 0 aliphatic carbocycles. The molecule has 192 valence electrons. The van der Waals surface area contributed by atoms with Crippen LogP contribution in [0.4, 0.5) is 4.79 Å². The van der Waals surface area contributed by atoms with E-state index in [-0.39, 0.29) is 50.8 Å². The van der Waals surface area contributed by atoms with Crippen LogP contribution in [0, 0.1) is 0 Å². The van der Waals surface area contributed by atoms with Gasteiger partial charge in [0.2, 0.25) is 5.91 Å². The van der Waals surface area contributed by atoms with Crippen LogP contribution >= 0.6 is 0 Å². The quantitative estimate of drug-likeness (QED) is 0.324. The van der Waals surface area contributed by atoms with Gasteiger partial charge in [-0.15, -0.1) is 0 Å². The number of carbonyl (C=O) groups is 4. The van der Waals surface area contributed by atoms with E-state index in [0.29, 0.717) is 37.1 Å². The van der Waals surface area contributed by atoms with Crippen LogP contribution in [0.25, 0.3) is 0 Å². The molecule has 0 unspecified atom stereocenters. The first-order valence-corrected chi connectivity index (χ1v) is 11.3. The lowest BCUT2D eigenvalue weighted by Gasteiger charge is -2.33. The van der Waals surface area contributed by atoms with Crippen molar-refractivity contribution in [1.82, 2.24) is 15.2 Å². The predicted octanol–water partition coefficient (Wildman–Crippen LogP) is 0.947. The van der Waals surface area contributed by atoms with Crippen molar-refractivity contribution in [2.24, 2.45) is 5.10 Å². The van der Waals surface area contributed by atoms with Crippen molar-refractivity contribution in [1.29, 1.82) is 0 Å². The Labute approximate surface area is 203 Å². The highest BCUT2D eigenvalue weighted by Gasteiger charge is 2.26. The Kier molecular flexibility index (Phi) is 11.6. The molecular weight excluding hydrogens is 460 g/mol. The number of hydrogen-bond acceptors (Lipinski definition) is 8. The van der Waals surface area contributed by atoms with Crippen LogP contribution in [0.15, 0.2) is 29.4 Å². The summed E-state index contributed by atoms with van der Waals surface area (Å²) in [6, 6.07) is 6.57. The molecule has 12 heteroatoms. The summed E-state index contributed by atoms with van der Waals surface area (Å²) in [5.74, 6) is -1.53. The minimum Gasteiger partial charge on any atom is -0.480 e. The molecule has 1 fully saturated rings. The number of methoxy groups -OCH3 is 1. The molecule has 2 rings (SSSR count). The Morgan fingerprint density at radius 1 is 1.20 bits per heavy atom. The summed E-state index contributed by atoms with van der Waals surface area (Å²) in [5, 5.41) is 12.5. The molecule has 0 saturated carbocycles. The highest BCUT2D eigenvalue weighted by atomic mass is 16.5. The van der Waals surface area contributed by atoms with Crippen LogP contribution in [0.1, 0.15) is 35.7 Å². The van der Waals surface area contributed by atoms with Crippen LogP contribution in [-0.4, -0.2) is 104 Å². The third-order valence-electron chi connectivity index (χ3n) is 5.22. The second-order valence-electron chi connectivity index (χ2n) is 7.72. The van der Waals surface area contributed by atoms with Crippen molar-refractivity contribution in [2.75, 3.05) is 53.1 Å². The van der Waals surface area contributed by atoms with E-state index in [0.717, 1.165) is 0 Å². The van der Waals surface area contributed by atoms with E-state index in [4.69, 9.17) is 19.3 Å². The number of nitrogens with one attached hydrogen (secondary N) is 1. The van der Waals surface area contributed by atoms with Gasteiger partial charge in [0.25, 0.3) is 5.91 Å². The summed E-state index contributed by atoms with van der Waals surface area (Å²) in [6.07, 6.45) is 1.64. The van der Waals surface area contributed by atoms with E-state index in [2.05, 4.69) is 10.5 Å². The average molecular weight is 493 g/mol. The first-order valence-electron chi connectivity index (χ1n) is 11.3. The van der Waals surface area contributed by atoms with Crippen LogP contribution in [0.3, 0.4) is 0 Å². The maximum atomic E-state index is 13.1. The van der Waals surface area contributed by atoms with Gasteiger partial charge in [-0.2, -0.15) is 5.10 Å². The summed E-state index contributed by atoms with van der Waals surface area (Å²) < 4.78 is 15.1. The third-order valence-corrected chi connectivity index (χ3v) is 5.22. The molecule has 0 radical (unpaired) electrons. The molecule has 3 amide bonds. The molecule has 0 atom stereocenters. The number of carboxylic acids is 1. The molecule has 1 aromatic rings. The number of nitrogens with zero attached hydrogens (tertiary/aromatic N) is 3. The largest absolute Gasteiger partial charge is 0.480 e. The zero-order valence-electron chi connectivity index (χ0n) is 20.0. The number of aliphatic carboxylic acids is 1. The summed E-state index contributed by atoms with van der Waals surface area (Å²) in [7, 11) is 1.52. The Bertz CT molecular complexity index is 882. The van der Waals surface area contributed by atoms with Gasteiger partial charge in [0.05, 0.1) is 25.5 Å². The molecule has 1 saturated heterocycles. The lowest BCUT2D eigenvalue weighted by atomic mass is 10.1. The van der Waals surface area contributed by atoms with Crippen molar-refractivity contribution in [3.8, 4) is 0 Å². The number of hydrazone groups is 1. The number of benzene rings is 1. The third kappa shape index (κ3) is 9.71. The minimum absolute atomic E-state index is 0.102. The zero-order valence-corrected chi connectivity index (χ0v) is 20.0. The van der Waals surface area contributed by atoms with Crippen LogP contribution < -0.4 is 5.43 Å². The number of likely N-dealkylation sites (tertiary alicyclic amines) is 1. The predicted molar refractivity (Wildman–Crippen MR) is 125 cm³/mol. The summed E-state index contributed by atoms with van der Waals surface area (Å²) >= 11 is 0. The van der Waals surface area contributed by atoms with E-state index in [1.807, 2.05) is 0 Å². The summed E-state index contributed by atoms with van der Waals surface area (Å²) in [5.41, 5.74) is 3.27. The van der Waals surface area contributed by atoms with Gasteiger partial charge < -0.3 is 29.1 Å². The van der Waals surface area contributed by atoms with Crippen LogP contribution in [0.5, 0.6) is 0 Å². The number of piperidine rings is 1. The number of ether oxygens (including phenoxy) is 3. The second kappa shape index (κ2) is 14.7. The highest BCUT2D eigenvalue weighted by Crippen LogP contribution is 2.15. The van der Waals surface area contributed by atoms with Crippen molar-refractivity contribution in [2.45, 2.75) is 25.9 Å². The monoisotopic (exact) mass is 492 g/mol. The molecule has 0 bridgehead atoms. The van der Waals surface area contributed by atoms with Crippen molar-refractivity contribution in [3.05, 3.63) is 35.4 Å². The molecule has 35 heavy (non-hydrogen) atoms. The van der Waals surface area contributed by atoms with Crippen LogP contribution in [0.2, 0.25) is 0 Å². The van der Waals surface area contributed by atoms with Gasteiger partial charge >= 0.3 is 12.1 Å². The lowest BCUT2D eigenvalue weighted by Crippen LogP contribution is -2.47. The summed E-state index contributed by atoms with van der Waals surface area (Å²) in [4.78, 5) is 50.9. The molecule has 1 aliphatic rings. The van der Waals surface area contributed by atoms with Crippen molar-refractivity contribution >= 4 is 30.1 Å². The van der Waals surface area contributed by atoms with E-state index in [1.54, 1.807) is 36.1 Å². The molecule has 1 heterocycles. The minimum atomic E-state index is -1.02. The van der Waals surface area contributed by atoms with Gasteiger partial charge in [-0.1, -0.05) is 12.1 Å². The number of hydrogen-bond donors (Lipinski definition) is 2. The SMILES string of the molecule is CCOC(=O)NN=Cc1ccc(C(=O)N(CCOC)CC(=O)N2CCC(OCC(=O)O)CC2)cc1. The second-order valence-corrected chi connectivity index (χ2v) is 7.72. The molecule has 0 spiro atoms. The zero-order chi connectivity index (χ0) is 25.6. The molecule has 1 aliphatic heterocycles. The standard InChI is InChI=1S/C23H32N4O8/c1-3-34-23(32)25-24-14-17-4-6-18(7-5-17)22(31)27(12-13-33-2)15-20(28)26-10-8-19(9-11-26)35-16-21(29)30/h4-7,14,19H,3,8-13,15-16H2,1-2H3,(H,25,32)(H,29,30). The fourth-order valence-electron chi connectivity index (χ4n) is 3.40. The van der Waals surface area contributed by atoms with Gasteiger partial charge in [0.1, 0.15) is 13.2 Å². The summed E-state index contributed by atoms with van der Waals surface area (Å²) in [6.45, 7) is 2.84. The molecule has 12 nitrogen and oxygen atoms in total. The normalized spacial score (nSPS) is 14.1. The topological polar surface area (TPSA) is 147 Å². The maximum Gasteiger partial charge on any atom is 0.427 e. The van der Waals surface area contributed by atoms with Gasteiger partial charge in [-0.25, -0.2) is 15.0 Å². The average Bonchev–Trinajstić information content (AvgIpc) is 2.85. The molecule has 2 N–H and O–H groups in total. The smallest absolute Gasteiger partial charge is 0.427 e. The van der Waals surface area contributed by atoms with Gasteiger partial charge in [0.15, 0.2) is 0 Å². The van der Waals surface area contributed by atoms with E-state index in [1.165, 1.54) is 18.2 Å². The molecule has 1 aromatic carbocycles. The van der Waals surface area contributed by atoms with Crippen molar-refractivity contribution in [3.63, 3.8) is 0 Å². The van der Waals surface area contributed by atoms with Crippen LogP contribution in [-0.2, 0) is 23.8 Å². The number of carbonyl (C=O) groups excluding carboxylic acids is 3. The Hall–Kier alpha value is -3.51. The van der Waals surface area contributed by atoms with Gasteiger partial charge in [-0.05, 0) is 37.5 Å². The van der Waals surface area contributed by atoms with Gasteiger partial charge in [0, 0.05) is 32.3 Å². The first kappa shape index (κ1) is 27.7. The molecular formula is C23H32N4O8. The number of rotatable bonds is 12. The van der Waals surface area contributed by atoms with Crippen molar-refractivity contribution < 1.29 is 38.5 Å². The van der Waals surface area contributed by atoms with E-state index >= 15 is 0 Å². The lowest BCUT2D eigenvalue weighted by molar-refractivity contribution is -0.147. The maximum absolute atomic E-state index is 13.1. The fraction of sp³-hybridized carbons (Fsp3) is 0.522. The fourth-order valence-corrected chi connectivity index (χ4v) is 3.40. The Balaban J connectivity index is 1.94. The molecule has 0 aromatic heterocycles. The van der Waals surface area contributed by atoms with Gasteiger partial charge in [-0.3, -0.25) is 9.59 Å². The highest BCUT2D eigenvalue weighted by molar-refractivity contribution is 5.97. The number of carboxylic acid groups (broad SMARTS) is 1. The Morgan fingerprint density at radius 2 is 1.89 bits per heavy atom. The number of amides is 3. The van der Waals surface area contributed by atoms with E-state index in [9.17, 15) is 19.2 Å². The van der Waals surface area contributed by atoms with E-state index < -0.39 is 12.1 Å².